The highest BCUT2D eigenvalue weighted by atomic mass is 35.5. The van der Waals surface area contributed by atoms with E-state index in [9.17, 15) is 14.0 Å². The zero-order chi connectivity index (χ0) is 20.3. The lowest BCUT2D eigenvalue weighted by molar-refractivity contribution is -0.135. The molecule has 1 aromatic heterocycles. The SMILES string of the molecule is O=C(O)CC(=O)c1cc(Cl)c(N2CCC[C@@H]2COc2ncccc2Cl)cc1F. The van der Waals surface area contributed by atoms with E-state index in [1.807, 2.05) is 4.90 Å². The normalized spacial score (nSPS) is 16.2. The van der Waals surface area contributed by atoms with Crippen molar-refractivity contribution in [3.05, 3.63) is 51.9 Å². The summed E-state index contributed by atoms with van der Waals surface area (Å²) >= 11 is 12.3. The molecule has 0 unspecified atom stereocenters. The maximum atomic E-state index is 14.5. The summed E-state index contributed by atoms with van der Waals surface area (Å²) in [4.78, 5) is 28.6. The number of hydrogen-bond acceptors (Lipinski definition) is 5. The van der Waals surface area contributed by atoms with Crippen LogP contribution in [0.15, 0.2) is 30.5 Å². The number of carboxylic acids is 1. The van der Waals surface area contributed by atoms with E-state index in [4.69, 9.17) is 33.0 Å². The summed E-state index contributed by atoms with van der Waals surface area (Å²) in [7, 11) is 0. The molecule has 3 rings (SSSR count). The molecule has 0 radical (unpaired) electrons. The summed E-state index contributed by atoms with van der Waals surface area (Å²) in [6.45, 7) is 0.930. The number of benzene rings is 1. The highest BCUT2D eigenvalue weighted by Crippen LogP contribution is 2.34. The van der Waals surface area contributed by atoms with Crippen molar-refractivity contribution in [2.24, 2.45) is 0 Å². The van der Waals surface area contributed by atoms with Gasteiger partial charge in [-0.15, -0.1) is 0 Å². The summed E-state index contributed by atoms with van der Waals surface area (Å²) in [6, 6.07) is 5.66. The monoisotopic (exact) mass is 426 g/mol. The van der Waals surface area contributed by atoms with Gasteiger partial charge in [0.15, 0.2) is 5.78 Å². The summed E-state index contributed by atoms with van der Waals surface area (Å²) in [5.41, 5.74) is 0.104. The van der Waals surface area contributed by atoms with Gasteiger partial charge in [-0.05, 0) is 37.1 Å². The Hall–Kier alpha value is -2.38. The molecule has 0 saturated carbocycles. The van der Waals surface area contributed by atoms with Crippen LogP contribution in [0.2, 0.25) is 10.0 Å². The first-order valence-electron chi connectivity index (χ1n) is 8.61. The molecule has 1 atom stereocenters. The third-order valence-corrected chi connectivity index (χ3v) is 5.06. The number of aromatic nitrogens is 1. The van der Waals surface area contributed by atoms with Crippen molar-refractivity contribution >= 4 is 40.6 Å². The van der Waals surface area contributed by atoms with E-state index < -0.39 is 24.0 Å². The summed E-state index contributed by atoms with van der Waals surface area (Å²) < 4.78 is 20.2. The Morgan fingerprint density at radius 3 is 2.82 bits per heavy atom. The first-order valence-corrected chi connectivity index (χ1v) is 9.36. The number of pyridine rings is 1. The van der Waals surface area contributed by atoms with Crippen molar-refractivity contribution < 1.29 is 23.8 Å². The van der Waals surface area contributed by atoms with Crippen LogP contribution in [0.5, 0.6) is 5.88 Å². The van der Waals surface area contributed by atoms with Crippen LogP contribution in [0.1, 0.15) is 29.6 Å². The second kappa shape index (κ2) is 8.75. The molecule has 2 heterocycles. The van der Waals surface area contributed by atoms with Gasteiger partial charge in [0.1, 0.15) is 23.9 Å². The first-order chi connectivity index (χ1) is 13.4. The lowest BCUT2D eigenvalue weighted by Gasteiger charge is -2.28. The molecule has 0 spiro atoms. The molecule has 0 aliphatic carbocycles. The molecule has 6 nitrogen and oxygen atoms in total. The molecule has 1 saturated heterocycles. The molecule has 0 bridgehead atoms. The summed E-state index contributed by atoms with van der Waals surface area (Å²) in [5.74, 6) is -2.63. The molecule has 1 N–H and O–H groups in total. The van der Waals surface area contributed by atoms with E-state index in [2.05, 4.69) is 4.98 Å². The molecule has 9 heteroatoms. The molecule has 148 valence electrons. The van der Waals surface area contributed by atoms with Crippen molar-refractivity contribution in [2.75, 3.05) is 18.1 Å². The highest BCUT2D eigenvalue weighted by Gasteiger charge is 2.29. The van der Waals surface area contributed by atoms with Gasteiger partial charge in [-0.2, -0.15) is 0 Å². The number of halogens is 3. The number of Topliss-reactive ketones (excluding diaryl/α,β-unsaturated/α-hetero) is 1. The van der Waals surface area contributed by atoms with Crippen LogP contribution in [0, 0.1) is 5.82 Å². The van der Waals surface area contributed by atoms with Gasteiger partial charge in [-0.1, -0.05) is 23.2 Å². The van der Waals surface area contributed by atoms with E-state index in [0.717, 1.165) is 12.8 Å². The second-order valence-electron chi connectivity index (χ2n) is 6.37. The molecule has 1 fully saturated rings. The fourth-order valence-corrected chi connectivity index (χ4v) is 3.63. The van der Waals surface area contributed by atoms with Gasteiger partial charge in [0.05, 0.1) is 22.3 Å². The number of anilines is 1. The minimum absolute atomic E-state index is 0.0736. The molecular weight excluding hydrogens is 410 g/mol. The van der Waals surface area contributed by atoms with E-state index in [1.54, 1.807) is 18.3 Å². The number of ether oxygens (including phenoxy) is 1. The standard InChI is InChI=1S/C19H17Cl2FN2O4/c20-13-4-1-5-23-19(13)28-10-11-3-2-6-24(11)16-8-15(22)12(7-14(16)21)17(25)9-18(26)27/h1,4-5,7-8,11H,2-3,6,9-10H2,(H,26,27)/t11-/m1/s1. The van der Waals surface area contributed by atoms with Crippen LogP contribution < -0.4 is 9.64 Å². The molecule has 0 amide bonds. The molecule has 1 aliphatic heterocycles. The number of ketones is 1. The van der Waals surface area contributed by atoms with Gasteiger partial charge < -0.3 is 14.7 Å². The number of hydrogen-bond donors (Lipinski definition) is 1. The van der Waals surface area contributed by atoms with Gasteiger partial charge >= 0.3 is 5.97 Å². The summed E-state index contributed by atoms with van der Waals surface area (Å²) in [6.07, 6.45) is 2.45. The minimum Gasteiger partial charge on any atom is -0.481 e. The fourth-order valence-electron chi connectivity index (χ4n) is 3.18. The molecule has 2 aromatic rings. The highest BCUT2D eigenvalue weighted by molar-refractivity contribution is 6.33. The lowest BCUT2D eigenvalue weighted by Crippen LogP contribution is -2.34. The number of aliphatic carboxylic acids is 1. The van der Waals surface area contributed by atoms with Crippen LogP contribution in [0.25, 0.3) is 0 Å². The Morgan fingerprint density at radius 2 is 2.11 bits per heavy atom. The largest absolute Gasteiger partial charge is 0.481 e. The molecule has 1 aliphatic rings. The Morgan fingerprint density at radius 1 is 1.32 bits per heavy atom. The third-order valence-electron chi connectivity index (χ3n) is 4.47. The maximum Gasteiger partial charge on any atom is 0.311 e. The van der Waals surface area contributed by atoms with E-state index in [-0.39, 0.29) is 23.2 Å². The Balaban J connectivity index is 1.78. The van der Waals surface area contributed by atoms with Crippen molar-refractivity contribution in [2.45, 2.75) is 25.3 Å². The number of rotatable bonds is 7. The van der Waals surface area contributed by atoms with Gasteiger partial charge in [0.25, 0.3) is 0 Å². The average molecular weight is 427 g/mol. The minimum atomic E-state index is -1.32. The molecule has 28 heavy (non-hydrogen) atoms. The fraction of sp³-hybridized carbons (Fsp3) is 0.316. The van der Waals surface area contributed by atoms with E-state index >= 15 is 0 Å². The number of nitrogens with zero attached hydrogens (tertiary/aromatic N) is 2. The molecule has 1 aromatic carbocycles. The smallest absolute Gasteiger partial charge is 0.311 e. The van der Waals surface area contributed by atoms with Crippen LogP contribution in [0.4, 0.5) is 10.1 Å². The Kier molecular flexibility index (Phi) is 6.36. The topological polar surface area (TPSA) is 79.7 Å². The van der Waals surface area contributed by atoms with E-state index in [1.165, 1.54) is 12.1 Å². The van der Waals surface area contributed by atoms with Gasteiger partial charge in [-0.3, -0.25) is 9.59 Å². The van der Waals surface area contributed by atoms with Crippen molar-refractivity contribution in [3.8, 4) is 5.88 Å². The molecular formula is C19H17Cl2FN2O4. The van der Waals surface area contributed by atoms with Gasteiger partial charge in [-0.25, -0.2) is 9.37 Å². The maximum absolute atomic E-state index is 14.5. The van der Waals surface area contributed by atoms with Gasteiger partial charge in [0, 0.05) is 12.7 Å². The third kappa shape index (κ3) is 4.54. The predicted octanol–water partition coefficient (Wildman–Crippen LogP) is 4.23. The van der Waals surface area contributed by atoms with Crippen LogP contribution in [-0.4, -0.2) is 41.0 Å². The Bertz CT molecular complexity index is 909. The zero-order valence-corrected chi connectivity index (χ0v) is 16.2. The van der Waals surface area contributed by atoms with E-state index in [0.29, 0.717) is 23.1 Å². The van der Waals surface area contributed by atoms with Crippen molar-refractivity contribution in [1.82, 2.24) is 4.98 Å². The summed E-state index contributed by atoms with van der Waals surface area (Å²) in [5, 5.41) is 9.31. The van der Waals surface area contributed by atoms with Crippen LogP contribution in [-0.2, 0) is 4.79 Å². The predicted molar refractivity (Wildman–Crippen MR) is 103 cm³/mol. The van der Waals surface area contributed by atoms with Crippen LogP contribution in [0.3, 0.4) is 0 Å². The number of carbonyl (C=O) groups is 2. The average Bonchev–Trinajstić information content (AvgIpc) is 3.10. The van der Waals surface area contributed by atoms with Gasteiger partial charge in [0.2, 0.25) is 5.88 Å². The Labute approximate surface area is 170 Å². The zero-order valence-electron chi connectivity index (χ0n) is 14.7. The van der Waals surface area contributed by atoms with Crippen molar-refractivity contribution in [1.29, 1.82) is 0 Å². The lowest BCUT2D eigenvalue weighted by atomic mass is 10.1. The van der Waals surface area contributed by atoms with Crippen molar-refractivity contribution in [3.63, 3.8) is 0 Å². The number of carboxylic acid groups (broad SMARTS) is 1. The quantitative estimate of drug-likeness (QED) is 0.526. The first kappa shape index (κ1) is 20.4. The van der Waals surface area contributed by atoms with Crippen LogP contribution >= 0.6 is 23.2 Å². The number of carbonyl (C=O) groups excluding carboxylic acids is 1. The second-order valence-corrected chi connectivity index (χ2v) is 7.18.